The Balaban J connectivity index is 1.71. The molecule has 0 bridgehead atoms. The predicted octanol–water partition coefficient (Wildman–Crippen LogP) is 10.2. The van der Waals surface area contributed by atoms with Gasteiger partial charge in [0.15, 0.2) is 0 Å². The standard InChI is InChI=1S/C46H38O4/c1-6-27-47-38-21-23-40-35(31-38)17-25-42(49-29-8-3)44(40)46(5,37-19-15-34(16-20-37)33-13-11-10-12-14-33)45-41-24-22-39(48-28-7-2)32-36(41)18-26-43(45)50-30-9-4/h1,3,7,9-26,31-32H,2,4,27-30H2,5H3. The van der Waals surface area contributed by atoms with Gasteiger partial charge in [-0.2, -0.15) is 0 Å². The summed E-state index contributed by atoms with van der Waals surface area (Å²) in [6.45, 7) is 11.0. The van der Waals surface area contributed by atoms with Crippen molar-refractivity contribution in [2.45, 2.75) is 12.3 Å². The molecule has 0 saturated heterocycles. The molecule has 0 heterocycles. The first kappa shape index (κ1) is 33.5. The zero-order valence-corrected chi connectivity index (χ0v) is 28.2. The summed E-state index contributed by atoms with van der Waals surface area (Å²) in [6, 6.07) is 39.3. The molecule has 0 aromatic heterocycles. The summed E-state index contributed by atoms with van der Waals surface area (Å²) >= 11 is 0. The van der Waals surface area contributed by atoms with Crippen molar-refractivity contribution in [2.24, 2.45) is 0 Å². The third-order valence-electron chi connectivity index (χ3n) is 8.83. The van der Waals surface area contributed by atoms with E-state index in [1.165, 1.54) is 0 Å². The zero-order valence-electron chi connectivity index (χ0n) is 28.2. The third-order valence-corrected chi connectivity index (χ3v) is 8.83. The first-order valence-electron chi connectivity index (χ1n) is 16.4. The molecule has 0 aliphatic carbocycles. The third kappa shape index (κ3) is 6.66. The highest BCUT2D eigenvalue weighted by Crippen LogP contribution is 2.52. The van der Waals surface area contributed by atoms with E-state index in [4.69, 9.17) is 31.8 Å². The van der Waals surface area contributed by atoms with E-state index in [2.05, 4.69) is 86.5 Å². The Morgan fingerprint density at radius 2 is 1.10 bits per heavy atom. The summed E-state index contributed by atoms with van der Waals surface area (Å²) in [5.41, 5.74) is 4.33. The average molecular weight is 655 g/mol. The van der Waals surface area contributed by atoms with Crippen LogP contribution in [-0.4, -0.2) is 26.4 Å². The summed E-state index contributed by atoms with van der Waals surface area (Å²) in [5.74, 6) is 8.03. The molecule has 6 rings (SSSR count). The van der Waals surface area contributed by atoms with Gasteiger partial charge in [-0.3, -0.25) is 0 Å². The Morgan fingerprint density at radius 1 is 0.580 bits per heavy atom. The minimum absolute atomic E-state index is 0.101. The number of terminal acetylenes is 2. The predicted molar refractivity (Wildman–Crippen MR) is 205 cm³/mol. The number of fused-ring (bicyclic) bond motifs is 2. The Labute approximate surface area is 294 Å². The van der Waals surface area contributed by atoms with E-state index in [0.29, 0.717) is 24.7 Å². The monoisotopic (exact) mass is 654 g/mol. The first-order valence-corrected chi connectivity index (χ1v) is 16.4. The van der Waals surface area contributed by atoms with Crippen molar-refractivity contribution in [2.75, 3.05) is 26.4 Å². The molecule has 0 N–H and O–H groups in total. The topological polar surface area (TPSA) is 36.9 Å². The van der Waals surface area contributed by atoms with E-state index in [9.17, 15) is 0 Å². The van der Waals surface area contributed by atoms with Crippen LogP contribution in [0.25, 0.3) is 32.7 Å². The van der Waals surface area contributed by atoms with Gasteiger partial charge in [0.2, 0.25) is 0 Å². The Morgan fingerprint density at radius 3 is 1.68 bits per heavy atom. The van der Waals surface area contributed by atoms with Gasteiger partial charge in [0.1, 0.15) is 49.4 Å². The molecule has 246 valence electrons. The van der Waals surface area contributed by atoms with Crippen LogP contribution in [0.1, 0.15) is 23.6 Å². The minimum atomic E-state index is -0.848. The van der Waals surface area contributed by atoms with Gasteiger partial charge in [-0.25, -0.2) is 0 Å². The molecular weight excluding hydrogens is 617 g/mol. The number of ether oxygens (including phenoxy) is 4. The fourth-order valence-corrected chi connectivity index (χ4v) is 6.62. The van der Waals surface area contributed by atoms with Gasteiger partial charge in [0.05, 0.1) is 5.41 Å². The highest BCUT2D eigenvalue weighted by molar-refractivity contribution is 5.96. The van der Waals surface area contributed by atoms with Crippen molar-refractivity contribution < 1.29 is 18.9 Å². The second kappa shape index (κ2) is 15.2. The van der Waals surface area contributed by atoms with Crippen LogP contribution in [0.2, 0.25) is 0 Å². The van der Waals surface area contributed by atoms with Crippen LogP contribution in [0.15, 0.2) is 141 Å². The number of hydrogen-bond acceptors (Lipinski definition) is 4. The van der Waals surface area contributed by atoms with Gasteiger partial charge in [0, 0.05) is 11.1 Å². The average Bonchev–Trinajstić information content (AvgIpc) is 3.17. The lowest BCUT2D eigenvalue weighted by molar-refractivity contribution is 0.350. The van der Waals surface area contributed by atoms with Crippen molar-refractivity contribution in [1.82, 2.24) is 0 Å². The second-order valence-corrected chi connectivity index (χ2v) is 11.9. The molecule has 6 aromatic carbocycles. The largest absolute Gasteiger partial charge is 0.490 e. The second-order valence-electron chi connectivity index (χ2n) is 11.9. The molecule has 0 saturated carbocycles. The van der Waals surface area contributed by atoms with E-state index < -0.39 is 5.41 Å². The molecule has 0 aliphatic heterocycles. The van der Waals surface area contributed by atoms with Gasteiger partial charge < -0.3 is 18.9 Å². The molecule has 0 radical (unpaired) electrons. The molecule has 4 heteroatoms. The lowest BCUT2D eigenvalue weighted by Crippen LogP contribution is -2.28. The number of benzene rings is 6. The molecule has 0 amide bonds. The maximum absolute atomic E-state index is 6.49. The highest BCUT2D eigenvalue weighted by Gasteiger charge is 2.39. The maximum Gasteiger partial charge on any atom is 0.148 e. The highest BCUT2D eigenvalue weighted by atomic mass is 16.5. The molecule has 0 spiro atoms. The quantitative estimate of drug-likeness (QED) is 0.0666. The van der Waals surface area contributed by atoms with E-state index in [-0.39, 0.29) is 13.2 Å². The molecule has 1 atom stereocenters. The number of hydrogen-bond donors (Lipinski definition) is 0. The smallest absolute Gasteiger partial charge is 0.148 e. The van der Waals surface area contributed by atoms with Crippen LogP contribution < -0.4 is 18.9 Å². The lowest BCUT2D eigenvalue weighted by Gasteiger charge is -2.36. The Bertz CT molecular complexity index is 2240. The van der Waals surface area contributed by atoms with Gasteiger partial charge in [-0.1, -0.05) is 116 Å². The Hall–Kier alpha value is -6.36. The summed E-state index contributed by atoms with van der Waals surface area (Å²) in [4.78, 5) is 0. The van der Waals surface area contributed by atoms with Crippen molar-refractivity contribution in [3.8, 4) is 58.8 Å². The van der Waals surface area contributed by atoms with E-state index >= 15 is 0 Å². The molecule has 6 aromatic rings. The van der Waals surface area contributed by atoms with Gasteiger partial charge in [0.25, 0.3) is 0 Å². The molecule has 0 aliphatic rings. The molecular formula is C46H38O4. The van der Waals surface area contributed by atoms with Crippen LogP contribution in [0, 0.1) is 24.7 Å². The van der Waals surface area contributed by atoms with Crippen LogP contribution in [0.4, 0.5) is 0 Å². The van der Waals surface area contributed by atoms with Crippen LogP contribution >= 0.6 is 0 Å². The van der Waals surface area contributed by atoms with Gasteiger partial charge in [-0.05, 0) is 81.6 Å². The normalized spacial score (nSPS) is 11.9. The van der Waals surface area contributed by atoms with Crippen LogP contribution in [0.3, 0.4) is 0 Å². The Kier molecular flexibility index (Phi) is 10.2. The summed E-state index contributed by atoms with van der Waals surface area (Å²) < 4.78 is 24.7. The summed E-state index contributed by atoms with van der Waals surface area (Å²) in [6.07, 6.45) is 14.7. The molecule has 1 unspecified atom stereocenters. The van der Waals surface area contributed by atoms with Crippen LogP contribution in [-0.2, 0) is 5.41 Å². The molecule has 0 fully saturated rings. The van der Waals surface area contributed by atoms with Crippen molar-refractivity contribution in [3.05, 3.63) is 157 Å². The first-order chi connectivity index (χ1) is 24.5. The minimum Gasteiger partial charge on any atom is -0.490 e. The van der Waals surface area contributed by atoms with E-state index in [1.54, 1.807) is 12.2 Å². The van der Waals surface area contributed by atoms with Crippen molar-refractivity contribution in [3.63, 3.8) is 0 Å². The lowest BCUT2D eigenvalue weighted by atomic mass is 9.67. The summed E-state index contributed by atoms with van der Waals surface area (Å²) in [5, 5.41) is 3.93. The van der Waals surface area contributed by atoms with Crippen molar-refractivity contribution in [1.29, 1.82) is 0 Å². The fourth-order valence-electron chi connectivity index (χ4n) is 6.62. The van der Waals surface area contributed by atoms with E-state index in [1.807, 2.05) is 60.7 Å². The van der Waals surface area contributed by atoms with E-state index in [0.717, 1.165) is 60.9 Å². The SMILES string of the molecule is C#CCOc1ccc2c(C(C)(c3ccc(-c4ccccc4)cc3)c3c(OCC=C)ccc4cc(OCC=C)ccc34)c(OCC#C)ccc2c1. The molecule has 4 nitrogen and oxygen atoms in total. The fraction of sp³-hybridized carbons (Fsp3) is 0.130. The zero-order chi connectivity index (χ0) is 34.9. The summed E-state index contributed by atoms with van der Waals surface area (Å²) in [7, 11) is 0. The number of rotatable bonds is 14. The van der Waals surface area contributed by atoms with Gasteiger partial charge in [-0.15, -0.1) is 12.8 Å². The van der Waals surface area contributed by atoms with Crippen LogP contribution in [0.5, 0.6) is 23.0 Å². The maximum atomic E-state index is 6.49. The molecule has 50 heavy (non-hydrogen) atoms. The van der Waals surface area contributed by atoms with Crippen molar-refractivity contribution >= 4 is 21.5 Å². The van der Waals surface area contributed by atoms with Gasteiger partial charge >= 0.3 is 0 Å².